The summed E-state index contributed by atoms with van der Waals surface area (Å²) in [4.78, 5) is 27.9. The number of hydrogen-bond acceptors (Lipinski definition) is 9. The van der Waals surface area contributed by atoms with Gasteiger partial charge in [-0.2, -0.15) is 14.6 Å². The fourth-order valence-electron chi connectivity index (χ4n) is 5.63. The number of halogens is 1. The van der Waals surface area contributed by atoms with Gasteiger partial charge in [0.05, 0.1) is 36.7 Å². The molecule has 5 rings (SSSR count). The lowest BCUT2D eigenvalue weighted by molar-refractivity contribution is -0.154. The van der Waals surface area contributed by atoms with Crippen molar-refractivity contribution in [3.05, 3.63) is 83.6 Å². The van der Waals surface area contributed by atoms with Gasteiger partial charge in [-0.25, -0.2) is 19.4 Å². The number of rotatable bonds is 12. The highest BCUT2D eigenvalue weighted by Gasteiger charge is 2.37. The van der Waals surface area contributed by atoms with Gasteiger partial charge in [0.25, 0.3) is 0 Å². The number of aromatic nitrogens is 4. The average molecular weight is 634 g/mol. The van der Waals surface area contributed by atoms with E-state index in [0.29, 0.717) is 72.2 Å². The lowest BCUT2D eigenvalue weighted by atomic mass is 9.88. The highest BCUT2D eigenvalue weighted by Crippen LogP contribution is 2.38. The Hall–Kier alpha value is -4.43. The van der Waals surface area contributed by atoms with E-state index in [2.05, 4.69) is 20.6 Å². The maximum absolute atomic E-state index is 14.0. The van der Waals surface area contributed by atoms with Gasteiger partial charge in [0.15, 0.2) is 0 Å². The Morgan fingerprint density at radius 3 is 2.59 bits per heavy atom. The third-order valence-corrected chi connectivity index (χ3v) is 8.31. The molecule has 4 aromatic rings. The Labute approximate surface area is 267 Å². The number of ether oxygens (including phenoxy) is 2. The minimum atomic E-state index is -1.14. The van der Waals surface area contributed by atoms with Gasteiger partial charge < -0.3 is 19.9 Å². The van der Waals surface area contributed by atoms with Gasteiger partial charge in [0, 0.05) is 49.3 Å². The van der Waals surface area contributed by atoms with E-state index in [1.807, 2.05) is 57.2 Å². The number of para-hydroxylation sites is 1. The third kappa shape index (κ3) is 6.87. The summed E-state index contributed by atoms with van der Waals surface area (Å²) in [5.74, 6) is 0.149. The fourth-order valence-corrected chi connectivity index (χ4v) is 5.63. The molecule has 2 amide bonds. The minimum absolute atomic E-state index is 0.342. The summed E-state index contributed by atoms with van der Waals surface area (Å²) >= 11 is 0. The van der Waals surface area contributed by atoms with Crippen LogP contribution in [0.4, 0.5) is 15.0 Å². The third-order valence-electron chi connectivity index (χ3n) is 8.31. The first-order valence-electron chi connectivity index (χ1n) is 15.2. The zero-order valence-electron chi connectivity index (χ0n) is 26.7. The summed E-state index contributed by atoms with van der Waals surface area (Å²) in [6.45, 7) is 6.92. The average Bonchev–Trinajstić information content (AvgIpc) is 3.63. The van der Waals surface area contributed by atoms with Crippen LogP contribution >= 0.6 is 0 Å². The van der Waals surface area contributed by atoms with Gasteiger partial charge in [-0.15, -0.1) is 0 Å². The van der Waals surface area contributed by atoms with Crippen LogP contribution in [-0.4, -0.2) is 75.9 Å². The number of urea groups is 1. The van der Waals surface area contributed by atoms with E-state index in [-0.39, 0.29) is 0 Å². The quantitative estimate of drug-likeness (QED) is 0.186. The molecule has 1 saturated heterocycles. The molecule has 0 unspecified atom stereocenters. The van der Waals surface area contributed by atoms with Crippen LogP contribution in [0.1, 0.15) is 49.5 Å². The number of nitrogens with zero attached hydrogens (tertiary/aromatic N) is 5. The number of aliphatic hydroxyl groups is 1. The van der Waals surface area contributed by atoms with E-state index in [1.54, 1.807) is 29.1 Å². The van der Waals surface area contributed by atoms with E-state index >= 15 is 0 Å². The van der Waals surface area contributed by atoms with E-state index in [4.69, 9.17) is 19.4 Å². The van der Waals surface area contributed by atoms with Gasteiger partial charge in [0.2, 0.25) is 11.8 Å². The Morgan fingerprint density at radius 1 is 1.15 bits per heavy atom. The number of methoxy groups -OCH3 is 2. The Balaban J connectivity index is 1.48. The SMILES string of the molecule is CCC(O)(CC)c1cc(-c2nn(-c3ccccc3)c(NC(=O)N[C@@H]3CN(CCOC)O[C@H]3c3ccnc(F)c3)c2C)cnc1OC. The summed E-state index contributed by atoms with van der Waals surface area (Å²) in [6, 6.07) is 13.2. The number of pyridine rings is 2. The van der Waals surface area contributed by atoms with Crippen LogP contribution in [0.3, 0.4) is 0 Å². The normalized spacial score (nSPS) is 16.8. The molecule has 1 aliphatic rings. The van der Waals surface area contributed by atoms with Gasteiger partial charge in [-0.3, -0.25) is 10.2 Å². The van der Waals surface area contributed by atoms with E-state index in [1.165, 1.54) is 19.4 Å². The summed E-state index contributed by atoms with van der Waals surface area (Å²) in [7, 11) is 3.12. The predicted molar refractivity (Wildman–Crippen MR) is 170 cm³/mol. The molecule has 3 N–H and O–H groups in total. The Morgan fingerprint density at radius 2 is 1.91 bits per heavy atom. The van der Waals surface area contributed by atoms with Crippen molar-refractivity contribution in [2.24, 2.45) is 0 Å². The molecule has 46 heavy (non-hydrogen) atoms. The van der Waals surface area contributed by atoms with E-state index in [0.717, 1.165) is 5.69 Å². The number of anilines is 1. The Bertz CT molecular complexity index is 1650. The molecule has 0 bridgehead atoms. The number of hydroxylamine groups is 2. The van der Waals surface area contributed by atoms with Crippen molar-refractivity contribution in [2.45, 2.75) is 51.4 Å². The van der Waals surface area contributed by atoms with Crippen molar-refractivity contribution < 1.29 is 28.6 Å². The van der Waals surface area contributed by atoms with Crippen LogP contribution in [0.15, 0.2) is 60.9 Å². The first-order valence-corrected chi connectivity index (χ1v) is 15.2. The summed E-state index contributed by atoms with van der Waals surface area (Å²) in [5, 5.41) is 24.0. The standard InChI is InChI=1S/C33H40FN7O5/c1-6-33(43,7-2)25-17-23(19-36-31(25)45-5)28-21(3)30(41(39-28)24-11-9-8-10-12-24)38-32(42)37-26-20-40(15-16-44-4)46-29(26)22-13-14-35-27(34)18-22/h8-14,17-19,26,29,43H,6-7,15-16,20H2,1-5H3,(H2,37,38,42)/t26-,29+/m1/s1. The van der Waals surface area contributed by atoms with Gasteiger partial charge in [-0.1, -0.05) is 32.0 Å². The molecule has 0 radical (unpaired) electrons. The van der Waals surface area contributed by atoms with Gasteiger partial charge >= 0.3 is 6.03 Å². The molecule has 1 aliphatic heterocycles. The predicted octanol–water partition coefficient (Wildman–Crippen LogP) is 4.92. The maximum atomic E-state index is 14.0. The maximum Gasteiger partial charge on any atom is 0.320 e. The molecule has 13 heteroatoms. The fraction of sp³-hybridized carbons (Fsp3) is 0.394. The summed E-state index contributed by atoms with van der Waals surface area (Å²) in [6.07, 6.45) is 3.31. The number of hydrogen-bond donors (Lipinski definition) is 3. The molecular weight excluding hydrogens is 593 g/mol. The Kier molecular flexibility index (Phi) is 10.3. The molecule has 1 fully saturated rings. The molecule has 1 aromatic carbocycles. The van der Waals surface area contributed by atoms with Crippen LogP contribution in [-0.2, 0) is 15.2 Å². The topological polar surface area (TPSA) is 136 Å². The zero-order valence-corrected chi connectivity index (χ0v) is 26.7. The van der Waals surface area contributed by atoms with Gasteiger partial charge in [-0.05, 0) is 55.7 Å². The largest absolute Gasteiger partial charge is 0.481 e. The van der Waals surface area contributed by atoms with Crippen molar-refractivity contribution in [3.63, 3.8) is 0 Å². The number of carbonyl (C=O) groups excluding carboxylic acids is 1. The highest BCUT2D eigenvalue weighted by atomic mass is 19.1. The molecular formula is C33H40FN7O5. The van der Waals surface area contributed by atoms with E-state index < -0.39 is 29.7 Å². The molecule has 3 aromatic heterocycles. The van der Waals surface area contributed by atoms with Crippen LogP contribution in [0.2, 0.25) is 0 Å². The molecule has 0 aliphatic carbocycles. The summed E-state index contributed by atoms with van der Waals surface area (Å²) in [5.41, 5.74) is 2.62. The van der Waals surface area contributed by atoms with Crippen molar-refractivity contribution >= 4 is 11.8 Å². The van der Waals surface area contributed by atoms with Crippen molar-refractivity contribution in [1.29, 1.82) is 0 Å². The van der Waals surface area contributed by atoms with E-state index in [9.17, 15) is 14.3 Å². The second-order valence-corrected chi connectivity index (χ2v) is 11.1. The smallest absolute Gasteiger partial charge is 0.320 e. The minimum Gasteiger partial charge on any atom is -0.481 e. The van der Waals surface area contributed by atoms with Gasteiger partial charge in [0.1, 0.15) is 11.9 Å². The van der Waals surface area contributed by atoms with Crippen LogP contribution in [0.5, 0.6) is 5.88 Å². The lowest BCUT2D eigenvalue weighted by Gasteiger charge is -2.27. The molecule has 4 heterocycles. The molecule has 0 saturated carbocycles. The van der Waals surface area contributed by atoms with Crippen molar-refractivity contribution in [3.8, 4) is 22.8 Å². The number of nitrogens with one attached hydrogen (secondary N) is 2. The highest BCUT2D eigenvalue weighted by molar-refractivity contribution is 5.91. The van der Waals surface area contributed by atoms with Crippen LogP contribution in [0, 0.1) is 12.9 Å². The number of amides is 2. The van der Waals surface area contributed by atoms with Crippen molar-refractivity contribution in [1.82, 2.24) is 30.1 Å². The lowest BCUT2D eigenvalue weighted by Crippen LogP contribution is -2.42. The zero-order chi connectivity index (χ0) is 32.8. The summed E-state index contributed by atoms with van der Waals surface area (Å²) < 4.78 is 26.4. The van der Waals surface area contributed by atoms with Crippen LogP contribution in [0.25, 0.3) is 16.9 Å². The monoisotopic (exact) mass is 633 g/mol. The van der Waals surface area contributed by atoms with Crippen molar-refractivity contribution in [2.75, 3.05) is 39.2 Å². The molecule has 0 spiro atoms. The van der Waals surface area contributed by atoms with Crippen LogP contribution < -0.4 is 15.4 Å². The molecule has 2 atom stereocenters. The first-order chi connectivity index (χ1) is 22.2. The second-order valence-electron chi connectivity index (χ2n) is 11.1. The molecule has 12 nitrogen and oxygen atoms in total. The number of carbonyl (C=O) groups is 1. The number of benzene rings is 1. The first kappa shape index (κ1) is 32.9. The second kappa shape index (κ2) is 14.3. The molecule has 244 valence electrons.